The van der Waals surface area contributed by atoms with Gasteiger partial charge in [-0.1, -0.05) is 17.7 Å². The predicted molar refractivity (Wildman–Crippen MR) is 89.3 cm³/mol. The van der Waals surface area contributed by atoms with E-state index in [0.29, 0.717) is 24.4 Å². The monoisotopic (exact) mass is 319 g/mol. The second kappa shape index (κ2) is 7.59. The molecule has 22 heavy (non-hydrogen) atoms. The fraction of sp³-hybridized carbons (Fsp3) is 0.444. The molecule has 4 heteroatoms. The fourth-order valence-electron chi connectivity index (χ4n) is 2.92. The van der Waals surface area contributed by atoms with Crippen molar-refractivity contribution in [2.24, 2.45) is 5.92 Å². The number of amides is 1. The average Bonchev–Trinajstić information content (AvgIpc) is 2.52. The summed E-state index contributed by atoms with van der Waals surface area (Å²) in [6.07, 6.45) is 4.63. The molecule has 1 aliphatic heterocycles. The summed E-state index contributed by atoms with van der Waals surface area (Å²) in [5.41, 5.74) is 1.61. The van der Waals surface area contributed by atoms with E-state index in [-0.39, 0.29) is 17.6 Å². The molecule has 1 heterocycles. The van der Waals surface area contributed by atoms with E-state index >= 15 is 0 Å². The Morgan fingerprint density at radius 2 is 2.23 bits per heavy atom. The molecule has 0 aromatic heterocycles. The van der Waals surface area contributed by atoms with Gasteiger partial charge in [-0.2, -0.15) is 0 Å². The van der Waals surface area contributed by atoms with Crippen molar-refractivity contribution in [3.05, 3.63) is 47.0 Å². The van der Waals surface area contributed by atoms with Gasteiger partial charge in [-0.25, -0.2) is 0 Å². The summed E-state index contributed by atoms with van der Waals surface area (Å²) in [5, 5.41) is 0.638. The first-order valence-electron chi connectivity index (χ1n) is 7.72. The first kappa shape index (κ1) is 16.8. The summed E-state index contributed by atoms with van der Waals surface area (Å²) in [4.78, 5) is 26.7. The Morgan fingerprint density at radius 1 is 1.45 bits per heavy atom. The Hall–Kier alpha value is -1.61. The maximum Gasteiger partial charge on any atom is 0.222 e. The number of carbonyl (C=O) groups is 2. The van der Waals surface area contributed by atoms with Crippen LogP contribution in [-0.2, 0) is 4.79 Å². The number of carbonyl (C=O) groups excluding carboxylic acids is 2. The molecule has 0 N–H and O–H groups in total. The normalized spacial score (nSPS) is 18.1. The topological polar surface area (TPSA) is 37.4 Å². The molecule has 1 fully saturated rings. The van der Waals surface area contributed by atoms with Gasteiger partial charge in [-0.05, 0) is 49.9 Å². The van der Waals surface area contributed by atoms with Gasteiger partial charge < -0.3 is 4.90 Å². The Morgan fingerprint density at radius 3 is 2.91 bits per heavy atom. The third kappa shape index (κ3) is 3.98. The van der Waals surface area contributed by atoms with Gasteiger partial charge in [0, 0.05) is 36.0 Å². The molecule has 1 aliphatic rings. The number of rotatable bonds is 5. The number of benzene rings is 1. The Balaban J connectivity index is 2.06. The van der Waals surface area contributed by atoms with Crippen LogP contribution in [0.25, 0.3) is 0 Å². The van der Waals surface area contributed by atoms with Crippen molar-refractivity contribution in [3.8, 4) is 0 Å². The van der Waals surface area contributed by atoms with Gasteiger partial charge in [0.1, 0.15) is 0 Å². The largest absolute Gasteiger partial charge is 0.342 e. The molecule has 1 saturated heterocycles. The van der Waals surface area contributed by atoms with Crippen molar-refractivity contribution in [1.29, 1.82) is 0 Å². The van der Waals surface area contributed by atoms with Crippen LogP contribution < -0.4 is 0 Å². The first-order chi connectivity index (χ1) is 10.5. The van der Waals surface area contributed by atoms with Gasteiger partial charge in [0.25, 0.3) is 0 Å². The third-order valence-corrected chi connectivity index (χ3v) is 4.40. The lowest BCUT2D eigenvalue weighted by Crippen LogP contribution is -2.42. The van der Waals surface area contributed by atoms with Gasteiger partial charge in [-0.3, -0.25) is 9.59 Å². The van der Waals surface area contributed by atoms with Gasteiger partial charge in [0.15, 0.2) is 5.78 Å². The standard InChI is InChI=1S/C18H22ClNO2/c1-3-4-7-17(21)20-10-5-6-14(12-20)18(22)16-9-8-15(19)11-13(16)2/h3,8-9,11,14H,1,4-7,10,12H2,2H3/t14-/m1/s1. The highest BCUT2D eigenvalue weighted by Crippen LogP contribution is 2.24. The predicted octanol–water partition coefficient (Wildman–Crippen LogP) is 4.04. The van der Waals surface area contributed by atoms with E-state index in [1.165, 1.54) is 0 Å². The lowest BCUT2D eigenvalue weighted by molar-refractivity contribution is -0.132. The Kier molecular flexibility index (Phi) is 5.78. The average molecular weight is 320 g/mol. The second-order valence-corrected chi connectivity index (χ2v) is 6.27. The highest BCUT2D eigenvalue weighted by Gasteiger charge is 2.29. The summed E-state index contributed by atoms with van der Waals surface area (Å²) < 4.78 is 0. The summed E-state index contributed by atoms with van der Waals surface area (Å²) in [7, 11) is 0. The zero-order chi connectivity index (χ0) is 16.1. The summed E-state index contributed by atoms with van der Waals surface area (Å²) >= 11 is 5.95. The molecule has 0 aliphatic carbocycles. The third-order valence-electron chi connectivity index (χ3n) is 4.16. The number of nitrogens with zero attached hydrogens (tertiary/aromatic N) is 1. The van der Waals surface area contributed by atoms with Crippen LogP contribution in [0.4, 0.5) is 0 Å². The number of hydrogen-bond acceptors (Lipinski definition) is 2. The molecule has 1 aromatic carbocycles. The molecule has 0 unspecified atom stereocenters. The van der Waals surface area contributed by atoms with Crippen LogP contribution in [-0.4, -0.2) is 29.7 Å². The SMILES string of the molecule is C=CCCC(=O)N1CCC[C@@H](C(=O)c2ccc(Cl)cc2C)C1. The van der Waals surface area contributed by atoms with E-state index in [4.69, 9.17) is 11.6 Å². The molecule has 0 spiro atoms. The molecule has 118 valence electrons. The minimum Gasteiger partial charge on any atom is -0.342 e. The maximum absolute atomic E-state index is 12.7. The van der Waals surface area contributed by atoms with E-state index < -0.39 is 0 Å². The van der Waals surface area contributed by atoms with E-state index in [0.717, 1.165) is 30.5 Å². The molecular weight excluding hydrogens is 298 g/mol. The zero-order valence-electron chi connectivity index (χ0n) is 13.0. The van der Waals surface area contributed by atoms with Gasteiger partial charge in [0.2, 0.25) is 5.91 Å². The Labute approximate surface area is 137 Å². The number of aryl methyl sites for hydroxylation is 1. The van der Waals surface area contributed by atoms with E-state index in [2.05, 4.69) is 6.58 Å². The number of hydrogen-bond donors (Lipinski definition) is 0. The van der Waals surface area contributed by atoms with Crippen LogP contribution in [0.5, 0.6) is 0 Å². The van der Waals surface area contributed by atoms with Crippen LogP contribution in [0.1, 0.15) is 41.6 Å². The molecule has 1 aromatic rings. The van der Waals surface area contributed by atoms with Gasteiger partial charge >= 0.3 is 0 Å². The molecular formula is C18H22ClNO2. The van der Waals surface area contributed by atoms with Crippen molar-refractivity contribution in [3.63, 3.8) is 0 Å². The highest BCUT2D eigenvalue weighted by atomic mass is 35.5. The number of allylic oxidation sites excluding steroid dienone is 1. The van der Waals surface area contributed by atoms with Gasteiger partial charge in [0.05, 0.1) is 0 Å². The lowest BCUT2D eigenvalue weighted by atomic mass is 9.88. The van der Waals surface area contributed by atoms with Gasteiger partial charge in [-0.15, -0.1) is 6.58 Å². The van der Waals surface area contributed by atoms with E-state index in [9.17, 15) is 9.59 Å². The summed E-state index contributed by atoms with van der Waals surface area (Å²) in [6, 6.07) is 5.35. The van der Waals surface area contributed by atoms with Crippen LogP contribution in [0, 0.1) is 12.8 Å². The van der Waals surface area contributed by atoms with Crippen molar-refractivity contribution in [2.75, 3.05) is 13.1 Å². The molecule has 1 amide bonds. The van der Waals surface area contributed by atoms with Crippen molar-refractivity contribution < 1.29 is 9.59 Å². The molecule has 0 radical (unpaired) electrons. The van der Waals surface area contributed by atoms with Crippen molar-refractivity contribution >= 4 is 23.3 Å². The number of halogens is 1. The Bertz CT molecular complexity index is 582. The molecule has 0 bridgehead atoms. The van der Waals surface area contributed by atoms with Crippen molar-refractivity contribution in [1.82, 2.24) is 4.90 Å². The lowest BCUT2D eigenvalue weighted by Gasteiger charge is -2.32. The van der Waals surface area contributed by atoms with Crippen LogP contribution >= 0.6 is 11.6 Å². The van der Waals surface area contributed by atoms with E-state index in [1.54, 1.807) is 18.2 Å². The zero-order valence-corrected chi connectivity index (χ0v) is 13.7. The van der Waals surface area contributed by atoms with Crippen molar-refractivity contribution in [2.45, 2.75) is 32.6 Å². The second-order valence-electron chi connectivity index (χ2n) is 5.83. The highest BCUT2D eigenvalue weighted by molar-refractivity contribution is 6.30. The maximum atomic E-state index is 12.7. The van der Waals surface area contributed by atoms with Crippen LogP contribution in [0.2, 0.25) is 5.02 Å². The molecule has 3 nitrogen and oxygen atoms in total. The molecule has 0 saturated carbocycles. The fourth-order valence-corrected chi connectivity index (χ4v) is 3.15. The molecule has 1 atom stereocenters. The summed E-state index contributed by atoms with van der Waals surface area (Å²) in [6.45, 7) is 6.81. The number of ketones is 1. The number of piperidine rings is 1. The van der Waals surface area contributed by atoms with E-state index in [1.807, 2.05) is 17.9 Å². The summed E-state index contributed by atoms with van der Waals surface area (Å²) in [5.74, 6) is 0.127. The van der Waals surface area contributed by atoms with Crippen LogP contribution in [0.15, 0.2) is 30.9 Å². The van der Waals surface area contributed by atoms with Crippen LogP contribution in [0.3, 0.4) is 0 Å². The minimum atomic E-state index is -0.110. The smallest absolute Gasteiger partial charge is 0.222 e. The number of Topliss-reactive ketones (excluding diaryl/α,β-unsaturated/α-hetero) is 1. The first-order valence-corrected chi connectivity index (χ1v) is 8.09. The molecule has 2 rings (SSSR count). The number of likely N-dealkylation sites (tertiary alicyclic amines) is 1. The minimum absolute atomic E-state index is 0.110. The quantitative estimate of drug-likeness (QED) is 0.607.